The number of nitrogens with zero attached hydrogens (tertiary/aromatic N) is 3. The number of rotatable bonds is 8. The molecule has 0 amide bonds. The zero-order valence-electron chi connectivity index (χ0n) is 12.1. The summed E-state index contributed by atoms with van der Waals surface area (Å²) in [5, 5.41) is 0.0752. The Morgan fingerprint density at radius 3 is 2.63 bits per heavy atom. The van der Waals surface area contributed by atoms with E-state index in [0.29, 0.717) is 12.6 Å². The molecule has 0 spiro atoms. The molecule has 6 nitrogen and oxygen atoms in total. The Morgan fingerprint density at radius 1 is 1.47 bits per heavy atom. The van der Waals surface area contributed by atoms with Crippen LogP contribution in [-0.4, -0.2) is 48.5 Å². The predicted molar refractivity (Wildman–Crippen MR) is 75.4 cm³/mol. The Bertz CT molecular complexity index is 482. The van der Waals surface area contributed by atoms with Crippen molar-refractivity contribution >= 4 is 10.0 Å². The van der Waals surface area contributed by atoms with Gasteiger partial charge < -0.3 is 9.47 Å². The minimum atomic E-state index is -3.46. The van der Waals surface area contributed by atoms with Gasteiger partial charge in [0.15, 0.2) is 5.03 Å². The van der Waals surface area contributed by atoms with E-state index in [1.807, 2.05) is 0 Å². The number of hydrogen-bond donors (Lipinski definition) is 1. The summed E-state index contributed by atoms with van der Waals surface area (Å²) in [4.78, 5) is 6.15. The number of aryl methyl sites for hydroxylation is 1. The van der Waals surface area contributed by atoms with Crippen molar-refractivity contribution in [2.24, 2.45) is 7.05 Å². The van der Waals surface area contributed by atoms with Gasteiger partial charge in [0.1, 0.15) is 0 Å². The number of sulfonamides is 1. The van der Waals surface area contributed by atoms with E-state index in [9.17, 15) is 8.42 Å². The summed E-state index contributed by atoms with van der Waals surface area (Å²) in [5.74, 6) is 0. The van der Waals surface area contributed by atoms with Crippen LogP contribution < -0.4 is 4.72 Å². The molecular formula is C12H24N4O2S. The summed E-state index contributed by atoms with van der Waals surface area (Å²) in [5.41, 5.74) is 0. The first-order valence-electron chi connectivity index (χ1n) is 6.58. The van der Waals surface area contributed by atoms with Crippen LogP contribution in [0.1, 0.15) is 27.2 Å². The zero-order valence-corrected chi connectivity index (χ0v) is 12.9. The normalized spacial score (nSPS) is 12.5. The molecule has 1 heterocycles. The van der Waals surface area contributed by atoms with Gasteiger partial charge in [0.25, 0.3) is 10.0 Å². The van der Waals surface area contributed by atoms with Crippen LogP contribution in [0.5, 0.6) is 0 Å². The van der Waals surface area contributed by atoms with Gasteiger partial charge in [0.2, 0.25) is 0 Å². The summed E-state index contributed by atoms with van der Waals surface area (Å²) >= 11 is 0. The first-order valence-corrected chi connectivity index (χ1v) is 8.06. The highest BCUT2D eigenvalue weighted by Gasteiger charge is 2.16. The van der Waals surface area contributed by atoms with Gasteiger partial charge in [0.05, 0.1) is 6.33 Å². The molecule has 0 fully saturated rings. The molecule has 1 N–H and O–H groups in total. The van der Waals surface area contributed by atoms with E-state index in [0.717, 1.165) is 19.5 Å². The molecule has 0 saturated carbocycles. The van der Waals surface area contributed by atoms with Gasteiger partial charge in [-0.15, -0.1) is 0 Å². The molecule has 0 aliphatic carbocycles. The zero-order chi connectivity index (χ0) is 14.5. The number of nitrogens with one attached hydrogen (secondary N) is 1. The molecule has 0 radical (unpaired) electrons. The SMILES string of the molecule is CCN(CCCNS(=O)(=O)c1cn(C)cn1)C(C)C. The maximum absolute atomic E-state index is 11.9. The lowest BCUT2D eigenvalue weighted by atomic mass is 10.3. The second kappa shape index (κ2) is 7.02. The van der Waals surface area contributed by atoms with Gasteiger partial charge in [0, 0.05) is 25.8 Å². The fourth-order valence-corrected chi connectivity index (χ4v) is 2.92. The number of imidazole rings is 1. The van der Waals surface area contributed by atoms with Gasteiger partial charge in [-0.05, 0) is 33.4 Å². The van der Waals surface area contributed by atoms with Gasteiger partial charge in [-0.3, -0.25) is 0 Å². The van der Waals surface area contributed by atoms with Crippen molar-refractivity contribution in [1.29, 1.82) is 0 Å². The van der Waals surface area contributed by atoms with Crippen molar-refractivity contribution in [3.8, 4) is 0 Å². The second-order valence-electron chi connectivity index (χ2n) is 4.85. The first-order chi connectivity index (χ1) is 8.86. The minimum absolute atomic E-state index is 0.0752. The van der Waals surface area contributed by atoms with Gasteiger partial charge in [-0.2, -0.15) is 0 Å². The number of hydrogen-bond acceptors (Lipinski definition) is 4. The predicted octanol–water partition coefficient (Wildman–Crippen LogP) is 0.819. The highest BCUT2D eigenvalue weighted by Crippen LogP contribution is 2.04. The molecule has 1 aromatic heterocycles. The van der Waals surface area contributed by atoms with E-state index >= 15 is 0 Å². The Morgan fingerprint density at radius 2 is 2.16 bits per heavy atom. The van der Waals surface area contributed by atoms with E-state index in [1.165, 1.54) is 12.5 Å². The average molecular weight is 288 g/mol. The fraction of sp³-hybridized carbons (Fsp3) is 0.750. The minimum Gasteiger partial charge on any atom is -0.339 e. The second-order valence-corrected chi connectivity index (χ2v) is 6.56. The van der Waals surface area contributed by atoms with Crippen molar-refractivity contribution in [2.45, 2.75) is 38.3 Å². The summed E-state index contributed by atoms with van der Waals surface area (Å²) in [6, 6.07) is 0.484. The molecule has 110 valence electrons. The fourth-order valence-electron chi connectivity index (χ4n) is 1.87. The molecule has 7 heteroatoms. The van der Waals surface area contributed by atoms with E-state index in [1.54, 1.807) is 11.6 Å². The van der Waals surface area contributed by atoms with Gasteiger partial charge in [-0.1, -0.05) is 6.92 Å². The molecule has 0 aliphatic heterocycles. The van der Waals surface area contributed by atoms with E-state index < -0.39 is 10.0 Å². The van der Waals surface area contributed by atoms with E-state index in [4.69, 9.17) is 0 Å². The highest BCUT2D eigenvalue weighted by molar-refractivity contribution is 7.89. The standard InChI is InChI=1S/C12H24N4O2S/c1-5-16(11(2)3)8-6-7-14-19(17,18)12-9-15(4)10-13-12/h9-11,14H,5-8H2,1-4H3. The number of aromatic nitrogens is 2. The third-order valence-corrected chi connectivity index (χ3v) is 4.35. The van der Waals surface area contributed by atoms with Gasteiger partial charge in [-0.25, -0.2) is 18.1 Å². The molecule has 19 heavy (non-hydrogen) atoms. The van der Waals surface area contributed by atoms with Crippen molar-refractivity contribution in [2.75, 3.05) is 19.6 Å². The molecule has 0 atom stereocenters. The summed E-state index contributed by atoms with van der Waals surface area (Å²) in [6.45, 7) is 8.69. The Hall–Kier alpha value is -0.920. The van der Waals surface area contributed by atoms with Crippen LogP contribution in [-0.2, 0) is 17.1 Å². The Labute approximate surface area is 115 Å². The van der Waals surface area contributed by atoms with Crippen LogP contribution in [0.15, 0.2) is 17.6 Å². The van der Waals surface area contributed by atoms with Gasteiger partial charge >= 0.3 is 0 Å². The van der Waals surface area contributed by atoms with Crippen LogP contribution in [0.25, 0.3) is 0 Å². The molecule has 0 saturated heterocycles. The quantitative estimate of drug-likeness (QED) is 0.719. The lowest BCUT2D eigenvalue weighted by molar-refractivity contribution is 0.231. The lowest BCUT2D eigenvalue weighted by Gasteiger charge is -2.24. The largest absolute Gasteiger partial charge is 0.339 e. The van der Waals surface area contributed by atoms with E-state index in [2.05, 4.69) is 35.4 Å². The van der Waals surface area contributed by atoms with Crippen molar-refractivity contribution < 1.29 is 8.42 Å². The summed E-state index contributed by atoms with van der Waals surface area (Å²) in [7, 11) is -1.72. The third kappa shape index (κ3) is 4.93. The van der Waals surface area contributed by atoms with Crippen molar-refractivity contribution in [3.63, 3.8) is 0 Å². The molecule has 1 aromatic rings. The molecule has 1 rings (SSSR count). The maximum Gasteiger partial charge on any atom is 0.259 e. The first kappa shape index (κ1) is 16.1. The molecule has 0 unspecified atom stereocenters. The molecular weight excluding hydrogens is 264 g/mol. The highest BCUT2D eigenvalue weighted by atomic mass is 32.2. The van der Waals surface area contributed by atoms with E-state index in [-0.39, 0.29) is 5.03 Å². The van der Waals surface area contributed by atoms with Crippen LogP contribution in [0.3, 0.4) is 0 Å². The maximum atomic E-state index is 11.9. The van der Waals surface area contributed by atoms with Crippen molar-refractivity contribution in [3.05, 3.63) is 12.5 Å². The molecule has 0 bridgehead atoms. The van der Waals surface area contributed by atoms with Crippen LogP contribution in [0.4, 0.5) is 0 Å². The summed E-state index contributed by atoms with van der Waals surface area (Å²) < 4.78 is 28.0. The molecule has 0 aliphatic rings. The monoisotopic (exact) mass is 288 g/mol. The lowest BCUT2D eigenvalue weighted by Crippen LogP contribution is -2.34. The summed E-state index contributed by atoms with van der Waals surface area (Å²) in [6.07, 6.45) is 3.76. The van der Waals surface area contributed by atoms with Crippen LogP contribution in [0, 0.1) is 0 Å². The third-order valence-electron chi connectivity index (χ3n) is 3.01. The van der Waals surface area contributed by atoms with Crippen molar-refractivity contribution in [1.82, 2.24) is 19.2 Å². The smallest absolute Gasteiger partial charge is 0.259 e. The topological polar surface area (TPSA) is 67.2 Å². The Balaban J connectivity index is 2.41. The van der Waals surface area contributed by atoms with Crippen LogP contribution in [0.2, 0.25) is 0 Å². The van der Waals surface area contributed by atoms with Crippen LogP contribution >= 0.6 is 0 Å². The Kier molecular flexibility index (Phi) is 5.96. The average Bonchev–Trinajstić information content (AvgIpc) is 2.76. The molecule has 0 aromatic carbocycles.